The van der Waals surface area contributed by atoms with Crippen LogP contribution in [0.1, 0.15) is 127 Å². The Morgan fingerprint density at radius 3 is 2.20 bits per heavy atom. The minimum Gasteiger partial charge on any atom is -0.465 e. The molecule has 8 heteroatoms. The summed E-state index contributed by atoms with van der Waals surface area (Å²) in [7, 11) is 0. The summed E-state index contributed by atoms with van der Waals surface area (Å²) in [6.07, 6.45) is 11.5. The Bertz CT molecular complexity index is 1290. The van der Waals surface area contributed by atoms with Crippen LogP contribution in [0, 0.1) is 50.2 Å². The largest absolute Gasteiger partial charge is 0.465 e. The van der Waals surface area contributed by atoms with Gasteiger partial charge in [-0.25, -0.2) is 0 Å². The standard InChI is InChI=1S/C38H59NO7/c1-10-44-31(42)22-39-32(43)38-19-17-33(4,5)21-27(38)26-11-12-29-34(6)15-14-30(46-25(3)41)35(7,23-45-24(2)40)28(34)13-16-37(29,9)36(26,8)18-20-38/h11,27-30H,10,12-23H2,1-9H3,(H,39,43)/t27-,28+,29+,30-,34-,35-,36+,37+,38-/m0/s1. The summed E-state index contributed by atoms with van der Waals surface area (Å²) < 4.78 is 16.8. The Labute approximate surface area is 276 Å². The number of carbonyl (C=O) groups excluding carboxylic acids is 4. The smallest absolute Gasteiger partial charge is 0.325 e. The van der Waals surface area contributed by atoms with Crippen LogP contribution in [-0.2, 0) is 33.4 Å². The zero-order chi connectivity index (χ0) is 33.9. The van der Waals surface area contributed by atoms with Crippen LogP contribution in [0.4, 0.5) is 0 Å². The second-order valence-corrected chi connectivity index (χ2v) is 17.3. The minimum atomic E-state index is -0.512. The van der Waals surface area contributed by atoms with E-state index in [1.165, 1.54) is 19.4 Å². The van der Waals surface area contributed by atoms with Gasteiger partial charge in [-0.2, -0.15) is 0 Å². The predicted molar refractivity (Wildman–Crippen MR) is 175 cm³/mol. The summed E-state index contributed by atoms with van der Waals surface area (Å²) in [6.45, 7) is 19.5. The van der Waals surface area contributed by atoms with Gasteiger partial charge in [-0.3, -0.25) is 19.2 Å². The molecule has 0 aromatic heterocycles. The average Bonchev–Trinajstić information content (AvgIpc) is 2.96. The summed E-state index contributed by atoms with van der Waals surface area (Å²) in [4.78, 5) is 50.6. The fourth-order valence-corrected chi connectivity index (χ4v) is 11.8. The summed E-state index contributed by atoms with van der Waals surface area (Å²) >= 11 is 0. The van der Waals surface area contributed by atoms with Gasteiger partial charge < -0.3 is 19.5 Å². The number of hydrogen-bond donors (Lipinski definition) is 1. The molecule has 1 N–H and O–H groups in total. The molecular weight excluding hydrogens is 582 g/mol. The van der Waals surface area contributed by atoms with Crippen molar-refractivity contribution in [1.29, 1.82) is 0 Å². The minimum absolute atomic E-state index is 0.0111. The number of hydrogen-bond acceptors (Lipinski definition) is 7. The highest BCUT2D eigenvalue weighted by atomic mass is 16.6. The molecule has 46 heavy (non-hydrogen) atoms. The lowest BCUT2D eigenvalue weighted by atomic mass is 9.33. The maximum absolute atomic E-state index is 14.1. The number of allylic oxidation sites excluding steroid dienone is 2. The van der Waals surface area contributed by atoms with Gasteiger partial charge in [0, 0.05) is 19.3 Å². The first-order valence-electron chi connectivity index (χ1n) is 17.8. The SMILES string of the molecule is CCOC(=O)CNC(=O)[C@]12CCC(C)(C)C[C@H]1C1=CC[C@@H]3[C@@]4(C)CC[C@H](OC(C)=O)[C@@](C)(COC(C)=O)[C@@H]4CC[C@@]3(C)[C@]1(C)CC2. The van der Waals surface area contributed by atoms with Gasteiger partial charge in [-0.1, -0.05) is 53.2 Å². The lowest BCUT2D eigenvalue weighted by molar-refractivity contribution is -0.226. The lowest BCUT2D eigenvalue weighted by Gasteiger charge is -2.71. The Morgan fingerprint density at radius 1 is 0.848 bits per heavy atom. The van der Waals surface area contributed by atoms with Crippen molar-refractivity contribution < 1.29 is 33.4 Å². The van der Waals surface area contributed by atoms with E-state index in [0.717, 1.165) is 64.2 Å². The highest BCUT2D eigenvalue weighted by Crippen LogP contribution is 2.76. The lowest BCUT2D eigenvalue weighted by Crippen LogP contribution is -2.66. The third kappa shape index (κ3) is 5.41. The van der Waals surface area contributed by atoms with E-state index in [4.69, 9.17) is 14.2 Å². The van der Waals surface area contributed by atoms with Crippen molar-refractivity contribution in [3.63, 3.8) is 0 Å². The van der Waals surface area contributed by atoms with E-state index in [2.05, 4.69) is 52.9 Å². The highest BCUT2D eigenvalue weighted by molar-refractivity contribution is 5.87. The quantitative estimate of drug-likeness (QED) is 0.182. The topological polar surface area (TPSA) is 108 Å². The average molecular weight is 642 g/mol. The van der Waals surface area contributed by atoms with Crippen LogP contribution in [0.15, 0.2) is 11.6 Å². The predicted octanol–water partition coefficient (Wildman–Crippen LogP) is 6.94. The van der Waals surface area contributed by atoms with Crippen molar-refractivity contribution in [2.75, 3.05) is 19.8 Å². The van der Waals surface area contributed by atoms with Gasteiger partial charge in [0.05, 0.1) is 12.0 Å². The molecule has 0 aliphatic heterocycles. The molecule has 0 spiro atoms. The number of ether oxygens (including phenoxy) is 3. The fourth-order valence-electron chi connectivity index (χ4n) is 11.8. The van der Waals surface area contributed by atoms with Crippen LogP contribution in [0.3, 0.4) is 0 Å². The number of rotatable bonds is 7. The number of amides is 1. The first-order valence-corrected chi connectivity index (χ1v) is 17.8. The van der Waals surface area contributed by atoms with Crippen molar-refractivity contribution in [1.82, 2.24) is 5.32 Å². The molecule has 5 aliphatic rings. The van der Waals surface area contributed by atoms with Crippen LogP contribution in [0.25, 0.3) is 0 Å². The van der Waals surface area contributed by atoms with E-state index in [1.807, 2.05) is 0 Å². The Hall–Kier alpha value is -2.38. The van der Waals surface area contributed by atoms with Gasteiger partial charge in [0.25, 0.3) is 0 Å². The van der Waals surface area contributed by atoms with Crippen molar-refractivity contribution >= 4 is 23.8 Å². The normalized spacial score (nSPS) is 42.5. The molecule has 4 fully saturated rings. The van der Waals surface area contributed by atoms with Crippen molar-refractivity contribution in [3.8, 4) is 0 Å². The molecular formula is C38H59NO7. The van der Waals surface area contributed by atoms with Crippen molar-refractivity contribution in [3.05, 3.63) is 11.6 Å². The third-order valence-corrected chi connectivity index (χ3v) is 14.4. The molecule has 0 aromatic rings. The molecule has 0 radical (unpaired) electrons. The molecule has 258 valence electrons. The highest BCUT2D eigenvalue weighted by Gasteiger charge is 2.70. The molecule has 0 bridgehead atoms. The molecule has 4 saturated carbocycles. The Morgan fingerprint density at radius 2 is 1.54 bits per heavy atom. The molecule has 0 saturated heterocycles. The van der Waals surface area contributed by atoms with E-state index in [9.17, 15) is 19.2 Å². The van der Waals surface area contributed by atoms with E-state index in [0.29, 0.717) is 12.5 Å². The number of esters is 3. The Balaban J connectivity index is 1.51. The summed E-state index contributed by atoms with van der Waals surface area (Å²) in [5.41, 5.74) is 0.547. The third-order valence-electron chi connectivity index (χ3n) is 14.4. The van der Waals surface area contributed by atoms with E-state index >= 15 is 0 Å². The van der Waals surface area contributed by atoms with Crippen LogP contribution in [0.5, 0.6) is 0 Å². The molecule has 0 aromatic carbocycles. The van der Waals surface area contributed by atoms with Crippen LogP contribution >= 0.6 is 0 Å². The van der Waals surface area contributed by atoms with Gasteiger partial charge in [-0.05, 0) is 111 Å². The first-order chi connectivity index (χ1) is 21.4. The monoisotopic (exact) mass is 641 g/mol. The molecule has 1 amide bonds. The van der Waals surface area contributed by atoms with E-state index in [-0.39, 0.29) is 76.6 Å². The van der Waals surface area contributed by atoms with E-state index in [1.54, 1.807) is 6.92 Å². The first kappa shape index (κ1) is 34.9. The van der Waals surface area contributed by atoms with Gasteiger partial charge in [0.15, 0.2) is 0 Å². The summed E-state index contributed by atoms with van der Waals surface area (Å²) in [5, 5.41) is 3.01. The zero-order valence-electron chi connectivity index (χ0n) is 29.9. The van der Waals surface area contributed by atoms with Gasteiger partial charge >= 0.3 is 17.9 Å². The number of fused-ring (bicyclic) bond motifs is 7. The maximum Gasteiger partial charge on any atom is 0.325 e. The molecule has 5 aliphatic carbocycles. The number of nitrogens with one attached hydrogen (secondary N) is 1. The molecule has 0 heterocycles. The summed E-state index contributed by atoms with van der Waals surface area (Å²) in [6, 6.07) is 0. The van der Waals surface area contributed by atoms with Crippen LogP contribution in [0.2, 0.25) is 0 Å². The molecule has 0 unspecified atom stereocenters. The van der Waals surface area contributed by atoms with Crippen LogP contribution in [-0.4, -0.2) is 49.7 Å². The Kier molecular flexibility index (Phi) is 9.07. The molecule has 5 rings (SSSR count). The second kappa shape index (κ2) is 11.9. The zero-order valence-corrected chi connectivity index (χ0v) is 29.9. The molecule has 8 nitrogen and oxygen atoms in total. The molecule has 9 atom stereocenters. The summed E-state index contributed by atoms with van der Waals surface area (Å²) in [5.74, 6) is -0.189. The second-order valence-electron chi connectivity index (χ2n) is 17.3. The van der Waals surface area contributed by atoms with Crippen molar-refractivity contribution in [2.24, 2.45) is 50.2 Å². The van der Waals surface area contributed by atoms with Gasteiger partial charge in [0.1, 0.15) is 19.3 Å². The van der Waals surface area contributed by atoms with Crippen molar-refractivity contribution in [2.45, 2.75) is 133 Å². The van der Waals surface area contributed by atoms with E-state index < -0.39 is 10.8 Å². The maximum atomic E-state index is 14.1. The van der Waals surface area contributed by atoms with Crippen LogP contribution < -0.4 is 5.32 Å². The number of carbonyl (C=O) groups is 4. The van der Waals surface area contributed by atoms with Gasteiger partial charge in [-0.15, -0.1) is 0 Å². The van der Waals surface area contributed by atoms with Gasteiger partial charge in [0.2, 0.25) is 5.91 Å². The fraction of sp³-hybridized carbons (Fsp3) is 0.842.